The zero-order valence-electron chi connectivity index (χ0n) is 30.4. The van der Waals surface area contributed by atoms with E-state index in [1.54, 1.807) is 0 Å². The van der Waals surface area contributed by atoms with E-state index < -0.39 is 0 Å². The quantitative estimate of drug-likeness (QED) is 0.167. The van der Waals surface area contributed by atoms with Crippen LogP contribution in [0.15, 0.2) is 200 Å². The third-order valence-corrected chi connectivity index (χ3v) is 11.6. The summed E-state index contributed by atoms with van der Waals surface area (Å²) < 4.78 is 4.92. The van der Waals surface area contributed by atoms with Crippen LogP contribution in [0, 0.1) is 0 Å². The maximum atomic E-state index is 5.51. The summed E-state index contributed by atoms with van der Waals surface area (Å²) in [4.78, 5) is 5.51. The Hall–Kier alpha value is -7.49. The average molecular weight is 712 g/mol. The van der Waals surface area contributed by atoms with Crippen molar-refractivity contribution < 1.29 is 0 Å². The Labute approximate surface area is 322 Å². The highest BCUT2D eigenvalue weighted by Gasteiger charge is 2.26. The third-order valence-electron chi connectivity index (χ3n) is 11.6. The van der Waals surface area contributed by atoms with Gasteiger partial charge in [-0.25, -0.2) is 4.98 Å². The van der Waals surface area contributed by atoms with E-state index in [4.69, 9.17) is 4.98 Å². The SMILES string of the molecule is c1ccc(-c2cc(-c3ccccc3)nc(-n3c4ccccc4c4c5c6ccccc6c6c7ccccc7n(-c7ccccc7)c6c5c5ccccc5c43)c2)cc1. The van der Waals surface area contributed by atoms with E-state index in [0.29, 0.717) is 0 Å². The fourth-order valence-electron chi connectivity index (χ4n) is 9.37. The van der Waals surface area contributed by atoms with Gasteiger partial charge in [-0.05, 0) is 63.7 Å². The van der Waals surface area contributed by atoms with Gasteiger partial charge in [0.25, 0.3) is 0 Å². The van der Waals surface area contributed by atoms with Crippen LogP contribution in [0.3, 0.4) is 0 Å². The molecule has 0 amide bonds. The Balaban J connectivity index is 1.34. The molecule has 0 unspecified atom stereocenters. The molecular formula is C53H33N3. The van der Waals surface area contributed by atoms with Crippen molar-refractivity contribution in [3.63, 3.8) is 0 Å². The van der Waals surface area contributed by atoms with Crippen molar-refractivity contribution in [2.75, 3.05) is 0 Å². The van der Waals surface area contributed by atoms with Gasteiger partial charge in [0.2, 0.25) is 0 Å². The average Bonchev–Trinajstić information content (AvgIpc) is 3.81. The van der Waals surface area contributed by atoms with Crippen LogP contribution in [0.5, 0.6) is 0 Å². The van der Waals surface area contributed by atoms with Crippen LogP contribution in [-0.4, -0.2) is 14.1 Å². The van der Waals surface area contributed by atoms with E-state index in [-0.39, 0.29) is 0 Å². The van der Waals surface area contributed by atoms with Crippen molar-refractivity contribution in [3.05, 3.63) is 200 Å². The molecule has 0 N–H and O–H groups in total. The zero-order chi connectivity index (χ0) is 36.7. The van der Waals surface area contributed by atoms with E-state index in [1.807, 2.05) is 0 Å². The smallest absolute Gasteiger partial charge is 0.138 e. The predicted molar refractivity (Wildman–Crippen MR) is 236 cm³/mol. The summed E-state index contributed by atoms with van der Waals surface area (Å²) in [7, 11) is 0. The van der Waals surface area contributed by atoms with Crippen LogP contribution in [0.2, 0.25) is 0 Å². The molecule has 0 atom stereocenters. The summed E-state index contributed by atoms with van der Waals surface area (Å²) in [5.41, 5.74) is 10.2. The van der Waals surface area contributed by atoms with Crippen molar-refractivity contribution in [1.82, 2.24) is 14.1 Å². The normalized spacial score (nSPS) is 11.9. The first-order valence-electron chi connectivity index (χ1n) is 19.2. The van der Waals surface area contributed by atoms with Gasteiger partial charge < -0.3 is 4.57 Å². The van der Waals surface area contributed by atoms with Gasteiger partial charge in [-0.3, -0.25) is 4.57 Å². The first kappa shape index (κ1) is 30.9. The molecule has 0 aliphatic carbocycles. The highest BCUT2D eigenvalue weighted by atomic mass is 15.1. The van der Waals surface area contributed by atoms with Gasteiger partial charge in [-0.1, -0.05) is 164 Å². The van der Waals surface area contributed by atoms with Crippen molar-refractivity contribution in [2.24, 2.45) is 0 Å². The molecule has 12 aromatic rings. The van der Waals surface area contributed by atoms with Crippen LogP contribution in [0.4, 0.5) is 0 Å². The molecule has 3 heteroatoms. The molecule has 3 heterocycles. The summed E-state index contributed by atoms with van der Waals surface area (Å²) in [6.07, 6.45) is 0. The molecule has 0 radical (unpaired) electrons. The van der Waals surface area contributed by atoms with E-state index in [0.717, 1.165) is 44.9 Å². The molecular weight excluding hydrogens is 679 g/mol. The third kappa shape index (κ3) is 4.37. The van der Waals surface area contributed by atoms with Crippen LogP contribution in [0.1, 0.15) is 0 Å². The lowest BCUT2D eigenvalue weighted by atomic mass is 9.90. The van der Waals surface area contributed by atoms with Crippen molar-refractivity contribution in [1.29, 1.82) is 0 Å². The van der Waals surface area contributed by atoms with Gasteiger partial charge in [-0.2, -0.15) is 0 Å². The van der Waals surface area contributed by atoms with Crippen molar-refractivity contribution >= 4 is 75.9 Å². The first-order valence-corrected chi connectivity index (χ1v) is 19.2. The maximum Gasteiger partial charge on any atom is 0.138 e. The number of pyridine rings is 1. The molecule has 3 aromatic heterocycles. The van der Waals surface area contributed by atoms with Crippen molar-refractivity contribution in [2.45, 2.75) is 0 Å². The molecule has 0 aliphatic rings. The lowest BCUT2D eigenvalue weighted by Gasteiger charge is -2.17. The number of rotatable bonds is 4. The Morgan fingerprint density at radius 3 is 1.43 bits per heavy atom. The second-order valence-corrected chi connectivity index (χ2v) is 14.7. The topological polar surface area (TPSA) is 22.8 Å². The highest BCUT2D eigenvalue weighted by Crippen LogP contribution is 2.50. The molecule has 260 valence electrons. The van der Waals surface area contributed by atoms with Gasteiger partial charge >= 0.3 is 0 Å². The maximum absolute atomic E-state index is 5.51. The second-order valence-electron chi connectivity index (χ2n) is 14.7. The molecule has 0 spiro atoms. The van der Waals surface area contributed by atoms with Crippen LogP contribution >= 0.6 is 0 Å². The standard InChI is InChI=1S/C53H33N3/c1-4-18-34(19-5-1)36-32-44(35-20-6-2-7-21-35)54-47(33-36)56-46-31-17-15-29-43(46)51-49-39-25-11-10-24-38(39)48-42-28-14-16-30-45(42)55(37-22-8-3-9-23-37)53(48)50(49)40-26-12-13-27-41(40)52(51)56/h1-33H. The minimum absolute atomic E-state index is 0.893. The number of fused-ring (bicyclic) bond motifs is 15. The van der Waals surface area contributed by atoms with E-state index in [1.165, 1.54) is 64.9 Å². The van der Waals surface area contributed by atoms with Crippen LogP contribution < -0.4 is 0 Å². The second kappa shape index (κ2) is 12.0. The minimum Gasteiger partial charge on any atom is -0.309 e. The molecule has 12 rings (SSSR count). The summed E-state index contributed by atoms with van der Waals surface area (Å²) in [6, 6.07) is 72.4. The number of hydrogen-bond acceptors (Lipinski definition) is 1. The number of hydrogen-bond donors (Lipinski definition) is 0. The van der Waals surface area contributed by atoms with E-state index in [9.17, 15) is 0 Å². The minimum atomic E-state index is 0.893. The zero-order valence-corrected chi connectivity index (χ0v) is 30.4. The number of para-hydroxylation sites is 3. The molecule has 0 saturated carbocycles. The summed E-state index contributed by atoms with van der Waals surface area (Å²) >= 11 is 0. The molecule has 0 saturated heterocycles. The van der Waals surface area contributed by atoms with Gasteiger partial charge in [0, 0.05) is 49.0 Å². The molecule has 0 aliphatic heterocycles. The summed E-state index contributed by atoms with van der Waals surface area (Å²) in [5.74, 6) is 0.893. The van der Waals surface area contributed by atoms with Crippen LogP contribution in [-0.2, 0) is 0 Å². The molecule has 56 heavy (non-hydrogen) atoms. The molecule has 0 fully saturated rings. The molecule has 9 aromatic carbocycles. The predicted octanol–water partition coefficient (Wildman–Crippen LogP) is 14.1. The van der Waals surface area contributed by atoms with Gasteiger partial charge in [0.05, 0.1) is 27.8 Å². The molecule has 0 bridgehead atoms. The lowest BCUT2D eigenvalue weighted by Crippen LogP contribution is -2.01. The highest BCUT2D eigenvalue weighted by molar-refractivity contribution is 6.44. The Bertz CT molecular complexity index is 3450. The molecule has 3 nitrogen and oxygen atoms in total. The number of nitrogens with zero attached hydrogens (tertiary/aromatic N) is 3. The van der Waals surface area contributed by atoms with Crippen molar-refractivity contribution in [3.8, 4) is 33.9 Å². The Morgan fingerprint density at radius 1 is 0.304 bits per heavy atom. The number of benzene rings is 9. The Morgan fingerprint density at radius 2 is 0.768 bits per heavy atom. The largest absolute Gasteiger partial charge is 0.309 e. The first-order chi connectivity index (χ1) is 27.8. The fraction of sp³-hybridized carbons (Fsp3) is 0. The van der Waals surface area contributed by atoms with E-state index in [2.05, 4.69) is 209 Å². The summed E-state index contributed by atoms with van der Waals surface area (Å²) in [5, 5.41) is 12.4. The Kier molecular flexibility index (Phi) is 6.63. The van der Waals surface area contributed by atoms with Gasteiger partial charge in [0.1, 0.15) is 5.82 Å². The fourth-order valence-corrected chi connectivity index (χ4v) is 9.37. The summed E-state index contributed by atoms with van der Waals surface area (Å²) in [6.45, 7) is 0. The van der Waals surface area contributed by atoms with Gasteiger partial charge in [-0.15, -0.1) is 0 Å². The van der Waals surface area contributed by atoms with E-state index >= 15 is 0 Å². The lowest BCUT2D eigenvalue weighted by molar-refractivity contribution is 1.09. The van der Waals surface area contributed by atoms with Gasteiger partial charge in [0.15, 0.2) is 0 Å². The monoisotopic (exact) mass is 711 g/mol. The van der Waals surface area contributed by atoms with Crippen LogP contribution in [0.25, 0.3) is 110 Å². The number of aromatic nitrogens is 3.